The summed E-state index contributed by atoms with van der Waals surface area (Å²) in [6.45, 7) is 3.06. The van der Waals surface area contributed by atoms with Crippen LogP contribution in [0.25, 0.3) is 0 Å². The van der Waals surface area contributed by atoms with Crippen molar-refractivity contribution in [3.63, 3.8) is 0 Å². The Morgan fingerprint density at radius 3 is 2.41 bits per heavy atom. The van der Waals surface area contributed by atoms with Crippen LogP contribution in [0.15, 0.2) is 36.4 Å². The van der Waals surface area contributed by atoms with Crippen molar-refractivity contribution in [1.29, 1.82) is 0 Å². The number of ether oxygens (including phenoxy) is 1. The molecule has 0 saturated carbocycles. The second-order valence-corrected chi connectivity index (χ2v) is 9.11. The number of amides is 2. The van der Waals surface area contributed by atoms with E-state index in [1.165, 1.54) is 6.42 Å². The van der Waals surface area contributed by atoms with E-state index in [-0.39, 0.29) is 17.9 Å². The smallest absolute Gasteiger partial charge is 0.255 e. The Kier molecular flexibility index (Phi) is 7.55. The average molecular weight is 476 g/mol. The summed E-state index contributed by atoms with van der Waals surface area (Å²) in [6.07, 6.45) is 5.45. The molecule has 0 radical (unpaired) electrons. The van der Waals surface area contributed by atoms with Crippen LogP contribution >= 0.6 is 23.2 Å². The molecule has 6 nitrogen and oxygen atoms in total. The monoisotopic (exact) mass is 475 g/mol. The van der Waals surface area contributed by atoms with Crippen LogP contribution in [-0.4, -0.2) is 44.2 Å². The number of halogens is 2. The second kappa shape index (κ2) is 10.6. The van der Waals surface area contributed by atoms with E-state index >= 15 is 0 Å². The maximum atomic E-state index is 13.1. The van der Waals surface area contributed by atoms with Crippen molar-refractivity contribution in [3.8, 4) is 0 Å². The van der Waals surface area contributed by atoms with E-state index in [4.69, 9.17) is 27.9 Å². The summed E-state index contributed by atoms with van der Waals surface area (Å²) in [5.74, 6) is -0.506. The van der Waals surface area contributed by atoms with Gasteiger partial charge in [0.15, 0.2) is 0 Å². The van der Waals surface area contributed by atoms with Gasteiger partial charge in [0.2, 0.25) is 0 Å². The molecule has 0 aromatic heterocycles. The summed E-state index contributed by atoms with van der Waals surface area (Å²) >= 11 is 12.1. The van der Waals surface area contributed by atoms with Crippen LogP contribution in [0.3, 0.4) is 0 Å². The highest BCUT2D eigenvalue weighted by atomic mass is 35.5. The highest BCUT2D eigenvalue weighted by Crippen LogP contribution is 2.28. The summed E-state index contributed by atoms with van der Waals surface area (Å²) in [6, 6.07) is 10.2. The molecule has 0 bridgehead atoms. The lowest BCUT2D eigenvalue weighted by Crippen LogP contribution is -2.35. The number of nitrogens with zero attached hydrogens (tertiary/aromatic N) is 1. The molecule has 2 aromatic carbocycles. The fourth-order valence-corrected chi connectivity index (χ4v) is 4.73. The zero-order valence-corrected chi connectivity index (χ0v) is 19.3. The van der Waals surface area contributed by atoms with Crippen molar-refractivity contribution >= 4 is 46.4 Å². The molecule has 0 spiro atoms. The number of benzene rings is 2. The van der Waals surface area contributed by atoms with E-state index in [2.05, 4.69) is 15.5 Å². The number of hydrogen-bond donors (Lipinski definition) is 2. The maximum Gasteiger partial charge on any atom is 0.255 e. The molecule has 2 aliphatic heterocycles. The molecule has 2 aliphatic rings. The fraction of sp³-hybridized carbons (Fsp3) is 0.417. The molecule has 2 aromatic rings. The van der Waals surface area contributed by atoms with Gasteiger partial charge >= 0.3 is 0 Å². The number of rotatable bonds is 6. The molecule has 2 saturated heterocycles. The van der Waals surface area contributed by atoms with Gasteiger partial charge in [-0.15, -0.1) is 0 Å². The Labute approximate surface area is 198 Å². The first-order valence-corrected chi connectivity index (χ1v) is 11.8. The third-order valence-corrected chi connectivity index (χ3v) is 6.27. The first-order valence-electron chi connectivity index (χ1n) is 11.1. The van der Waals surface area contributed by atoms with Crippen LogP contribution in [0.1, 0.15) is 52.8 Å². The van der Waals surface area contributed by atoms with Gasteiger partial charge in [-0.05, 0) is 68.5 Å². The lowest BCUT2D eigenvalue weighted by molar-refractivity contribution is 0.0858. The number of anilines is 2. The minimum atomic E-state index is -0.342. The van der Waals surface area contributed by atoms with Crippen molar-refractivity contribution in [2.75, 3.05) is 36.5 Å². The van der Waals surface area contributed by atoms with E-state index in [1.54, 1.807) is 24.3 Å². The maximum absolute atomic E-state index is 13.1. The predicted octanol–water partition coefficient (Wildman–Crippen LogP) is 5.14. The molecule has 2 amide bonds. The third-order valence-electron chi connectivity index (χ3n) is 5.83. The summed E-state index contributed by atoms with van der Waals surface area (Å²) in [5.41, 5.74) is 2.33. The van der Waals surface area contributed by atoms with Gasteiger partial charge in [0.05, 0.1) is 11.7 Å². The van der Waals surface area contributed by atoms with Crippen LogP contribution < -0.4 is 15.5 Å². The molecule has 8 heteroatoms. The van der Waals surface area contributed by atoms with Crippen LogP contribution in [0.5, 0.6) is 0 Å². The summed E-state index contributed by atoms with van der Waals surface area (Å²) in [7, 11) is 0. The summed E-state index contributed by atoms with van der Waals surface area (Å²) in [4.78, 5) is 28.1. The van der Waals surface area contributed by atoms with E-state index in [0.717, 1.165) is 51.1 Å². The zero-order chi connectivity index (χ0) is 22.5. The van der Waals surface area contributed by atoms with E-state index < -0.39 is 0 Å². The molecule has 2 N–H and O–H groups in total. The predicted molar refractivity (Wildman–Crippen MR) is 128 cm³/mol. The number of hydrogen-bond acceptors (Lipinski definition) is 4. The van der Waals surface area contributed by atoms with Gasteiger partial charge in [0, 0.05) is 53.2 Å². The van der Waals surface area contributed by atoms with Crippen molar-refractivity contribution in [2.45, 2.75) is 38.2 Å². The molecule has 32 heavy (non-hydrogen) atoms. The Morgan fingerprint density at radius 1 is 0.969 bits per heavy atom. The lowest BCUT2D eigenvalue weighted by atomic mass is 10.1. The van der Waals surface area contributed by atoms with Gasteiger partial charge in [0.1, 0.15) is 0 Å². The van der Waals surface area contributed by atoms with Crippen molar-refractivity contribution < 1.29 is 14.3 Å². The summed E-state index contributed by atoms with van der Waals surface area (Å²) in [5, 5.41) is 6.64. The highest BCUT2D eigenvalue weighted by molar-refractivity contribution is 6.35. The molecule has 1 atom stereocenters. The number of nitrogens with one attached hydrogen (secondary N) is 2. The molecule has 170 valence electrons. The molecular weight excluding hydrogens is 449 g/mol. The minimum absolute atomic E-state index is 0.0628. The third kappa shape index (κ3) is 5.74. The minimum Gasteiger partial charge on any atom is -0.376 e. The molecular formula is C24H27Cl2N3O3. The normalized spacial score (nSPS) is 18.4. The van der Waals surface area contributed by atoms with Gasteiger partial charge in [0.25, 0.3) is 11.8 Å². The van der Waals surface area contributed by atoms with Gasteiger partial charge in [-0.25, -0.2) is 0 Å². The van der Waals surface area contributed by atoms with Gasteiger partial charge < -0.3 is 20.3 Å². The molecule has 2 fully saturated rings. The number of carbonyl (C=O) groups excluding carboxylic acids is 2. The quantitative estimate of drug-likeness (QED) is 0.606. The van der Waals surface area contributed by atoms with E-state index in [0.29, 0.717) is 33.4 Å². The second-order valence-electron chi connectivity index (χ2n) is 8.24. The molecule has 0 aliphatic carbocycles. The SMILES string of the molecule is O=C(Nc1ccc(N2CCCCC2)c(C(=O)NCC2CCCO2)c1)c1cc(Cl)cc(Cl)c1. The Hall–Kier alpha value is -2.28. The van der Waals surface area contributed by atoms with Crippen LogP contribution in [-0.2, 0) is 4.74 Å². The Morgan fingerprint density at radius 2 is 1.72 bits per heavy atom. The van der Waals surface area contributed by atoms with Crippen LogP contribution in [0.4, 0.5) is 11.4 Å². The molecule has 1 unspecified atom stereocenters. The van der Waals surface area contributed by atoms with Gasteiger partial charge in [-0.1, -0.05) is 23.2 Å². The first-order chi connectivity index (χ1) is 15.5. The number of carbonyl (C=O) groups is 2. The van der Waals surface area contributed by atoms with E-state index in [1.807, 2.05) is 12.1 Å². The van der Waals surface area contributed by atoms with Gasteiger partial charge in [-0.3, -0.25) is 9.59 Å². The molecule has 2 heterocycles. The summed E-state index contributed by atoms with van der Waals surface area (Å²) < 4.78 is 5.63. The van der Waals surface area contributed by atoms with E-state index in [9.17, 15) is 9.59 Å². The Balaban J connectivity index is 1.55. The fourth-order valence-electron chi connectivity index (χ4n) is 4.20. The van der Waals surface area contributed by atoms with Crippen molar-refractivity contribution in [1.82, 2.24) is 5.32 Å². The van der Waals surface area contributed by atoms with Crippen molar-refractivity contribution in [2.24, 2.45) is 0 Å². The average Bonchev–Trinajstić information content (AvgIpc) is 3.31. The standard InChI is InChI=1S/C24H27Cl2N3O3/c25-17-11-16(12-18(26)13-17)23(30)28-19-6-7-22(29-8-2-1-3-9-29)21(14-19)24(31)27-15-20-5-4-10-32-20/h6-7,11-14,20H,1-5,8-10,15H2,(H,27,31)(H,28,30). The topological polar surface area (TPSA) is 70.7 Å². The highest BCUT2D eigenvalue weighted by Gasteiger charge is 2.22. The molecule has 4 rings (SSSR count). The van der Waals surface area contributed by atoms with Crippen molar-refractivity contribution in [3.05, 3.63) is 57.6 Å². The zero-order valence-electron chi connectivity index (χ0n) is 17.8. The Bertz CT molecular complexity index is 966. The largest absolute Gasteiger partial charge is 0.376 e. The number of piperidine rings is 1. The van der Waals surface area contributed by atoms with Gasteiger partial charge in [-0.2, -0.15) is 0 Å². The van der Waals surface area contributed by atoms with Crippen LogP contribution in [0.2, 0.25) is 10.0 Å². The lowest BCUT2D eigenvalue weighted by Gasteiger charge is -2.30. The first kappa shape index (κ1) is 22.9. The van der Waals surface area contributed by atoms with Crippen LogP contribution in [0, 0.1) is 0 Å².